The van der Waals surface area contributed by atoms with Gasteiger partial charge in [-0.25, -0.2) is 0 Å². The van der Waals surface area contributed by atoms with Gasteiger partial charge in [-0.05, 0) is 50.5 Å². The number of piperidine rings is 1. The Kier molecular flexibility index (Phi) is 4.31. The summed E-state index contributed by atoms with van der Waals surface area (Å²) in [6.45, 7) is 4.39. The van der Waals surface area contributed by atoms with E-state index in [1.54, 1.807) is 0 Å². The maximum absolute atomic E-state index is 5.69. The molecule has 16 heavy (non-hydrogen) atoms. The summed E-state index contributed by atoms with van der Waals surface area (Å²) >= 11 is 0. The third-order valence-corrected chi connectivity index (χ3v) is 3.45. The van der Waals surface area contributed by atoms with Crippen LogP contribution in [0.4, 0.5) is 0 Å². The molecule has 1 saturated heterocycles. The van der Waals surface area contributed by atoms with E-state index in [2.05, 4.69) is 22.0 Å². The summed E-state index contributed by atoms with van der Waals surface area (Å²) in [5.74, 6) is 0.756. The quantitative estimate of drug-likeness (QED) is 0.830. The van der Waals surface area contributed by atoms with Gasteiger partial charge in [0.05, 0.1) is 0 Å². The molecule has 0 atom stereocenters. The van der Waals surface area contributed by atoms with E-state index in [9.17, 15) is 0 Å². The number of likely N-dealkylation sites (tertiary alicyclic amines) is 1. The second-order valence-corrected chi connectivity index (χ2v) is 4.59. The first-order valence-corrected chi connectivity index (χ1v) is 6.21. The number of hydrogen-bond donors (Lipinski definition) is 1. The van der Waals surface area contributed by atoms with Gasteiger partial charge in [-0.3, -0.25) is 4.98 Å². The van der Waals surface area contributed by atoms with Crippen molar-refractivity contribution in [1.29, 1.82) is 0 Å². The zero-order valence-corrected chi connectivity index (χ0v) is 9.81. The van der Waals surface area contributed by atoms with Crippen molar-refractivity contribution in [2.45, 2.75) is 19.3 Å². The van der Waals surface area contributed by atoms with Gasteiger partial charge in [-0.1, -0.05) is 6.07 Å². The van der Waals surface area contributed by atoms with Crippen LogP contribution in [0.1, 0.15) is 18.5 Å². The van der Waals surface area contributed by atoms with E-state index in [1.807, 2.05) is 12.3 Å². The first kappa shape index (κ1) is 11.6. The minimum absolute atomic E-state index is 0.756. The Labute approximate surface area is 97.7 Å². The fraction of sp³-hybridized carbons (Fsp3) is 0.615. The molecule has 0 amide bonds. The largest absolute Gasteiger partial charge is 0.330 e. The smallest absolute Gasteiger partial charge is 0.0416 e. The summed E-state index contributed by atoms with van der Waals surface area (Å²) in [5, 5.41) is 0. The predicted octanol–water partition coefficient (Wildman–Crippen LogP) is 1.29. The maximum atomic E-state index is 5.69. The van der Waals surface area contributed by atoms with E-state index in [4.69, 9.17) is 5.73 Å². The van der Waals surface area contributed by atoms with Crippen molar-refractivity contribution < 1.29 is 0 Å². The summed E-state index contributed by atoms with van der Waals surface area (Å²) in [4.78, 5) is 6.88. The van der Waals surface area contributed by atoms with Gasteiger partial charge < -0.3 is 10.6 Å². The molecular formula is C13H21N3. The summed E-state index contributed by atoms with van der Waals surface area (Å²) in [6.07, 6.45) is 5.46. The van der Waals surface area contributed by atoms with Gasteiger partial charge in [0.2, 0.25) is 0 Å². The molecule has 1 aliphatic rings. The van der Waals surface area contributed by atoms with Crippen LogP contribution in [0.5, 0.6) is 0 Å². The van der Waals surface area contributed by atoms with Crippen molar-refractivity contribution in [2.24, 2.45) is 11.7 Å². The van der Waals surface area contributed by atoms with Crippen molar-refractivity contribution in [3.8, 4) is 0 Å². The van der Waals surface area contributed by atoms with E-state index >= 15 is 0 Å². The molecule has 0 aliphatic carbocycles. The molecule has 1 aromatic rings. The lowest BCUT2D eigenvalue weighted by atomic mass is 9.97. The normalized spacial score (nSPS) is 18.8. The highest BCUT2D eigenvalue weighted by Crippen LogP contribution is 2.15. The number of aromatic nitrogens is 1. The van der Waals surface area contributed by atoms with Gasteiger partial charge in [0.1, 0.15) is 0 Å². The van der Waals surface area contributed by atoms with Gasteiger partial charge >= 0.3 is 0 Å². The van der Waals surface area contributed by atoms with Crippen molar-refractivity contribution in [3.05, 3.63) is 30.1 Å². The van der Waals surface area contributed by atoms with E-state index in [-0.39, 0.29) is 0 Å². The van der Waals surface area contributed by atoms with E-state index in [0.29, 0.717) is 0 Å². The van der Waals surface area contributed by atoms with Crippen LogP contribution in [0.25, 0.3) is 0 Å². The predicted molar refractivity (Wildman–Crippen MR) is 66.2 cm³/mol. The van der Waals surface area contributed by atoms with Crippen molar-refractivity contribution in [3.63, 3.8) is 0 Å². The minimum atomic E-state index is 0.756. The van der Waals surface area contributed by atoms with Crippen LogP contribution >= 0.6 is 0 Å². The molecule has 2 heterocycles. The van der Waals surface area contributed by atoms with E-state index in [1.165, 1.54) is 31.6 Å². The SMILES string of the molecule is NCC1CCN(CCc2ccccn2)CC1. The molecule has 0 unspecified atom stereocenters. The van der Waals surface area contributed by atoms with Crippen molar-refractivity contribution in [2.75, 3.05) is 26.2 Å². The summed E-state index contributed by atoms with van der Waals surface area (Å²) in [7, 11) is 0. The molecule has 0 aromatic carbocycles. The Morgan fingerprint density at radius 3 is 2.75 bits per heavy atom. The van der Waals surface area contributed by atoms with Gasteiger partial charge in [-0.2, -0.15) is 0 Å². The van der Waals surface area contributed by atoms with Gasteiger partial charge in [0.15, 0.2) is 0 Å². The van der Waals surface area contributed by atoms with Gasteiger partial charge in [-0.15, -0.1) is 0 Å². The fourth-order valence-electron chi connectivity index (χ4n) is 2.26. The number of nitrogens with two attached hydrogens (primary N) is 1. The van der Waals surface area contributed by atoms with E-state index < -0.39 is 0 Å². The topological polar surface area (TPSA) is 42.1 Å². The lowest BCUT2D eigenvalue weighted by Crippen LogP contribution is -2.37. The van der Waals surface area contributed by atoms with Gasteiger partial charge in [0, 0.05) is 24.9 Å². The molecule has 1 aromatic heterocycles. The summed E-state index contributed by atoms with van der Waals surface area (Å²) in [6, 6.07) is 6.13. The monoisotopic (exact) mass is 219 g/mol. The van der Waals surface area contributed by atoms with Gasteiger partial charge in [0.25, 0.3) is 0 Å². The number of nitrogens with zero attached hydrogens (tertiary/aromatic N) is 2. The highest BCUT2D eigenvalue weighted by molar-refractivity contribution is 5.03. The summed E-state index contributed by atoms with van der Waals surface area (Å²) < 4.78 is 0. The van der Waals surface area contributed by atoms with Crippen molar-refractivity contribution >= 4 is 0 Å². The Bertz CT molecular complexity index is 291. The molecule has 2 rings (SSSR count). The second kappa shape index (κ2) is 5.97. The highest BCUT2D eigenvalue weighted by Gasteiger charge is 2.17. The van der Waals surface area contributed by atoms with Crippen LogP contribution < -0.4 is 5.73 Å². The molecule has 0 bridgehead atoms. The Balaban J connectivity index is 1.72. The Morgan fingerprint density at radius 1 is 1.31 bits per heavy atom. The third-order valence-electron chi connectivity index (χ3n) is 3.45. The van der Waals surface area contributed by atoms with Crippen LogP contribution in [0.3, 0.4) is 0 Å². The van der Waals surface area contributed by atoms with E-state index in [0.717, 1.165) is 25.4 Å². The zero-order valence-electron chi connectivity index (χ0n) is 9.81. The average Bonchev–Trinajstić information content (AvgIpc) is 2.38. The molecule has 88 valence electrons. The lowest BCUT2D eigenvalue weighted by molar-refractivity contribution is 0.189. The third kappa shape index (κ3) is 3.29. The number of pyridine rings is 1. The molecule has 0 saturated carbocycles. The van der Waals surface area contributed by atoms with Crippen LogP contribution in [0.2, 0.25) is 0 Å². The fourth-order valence-corrected chi connectivity index (χ4v) is 2.26. The number of rotatable bonds is 4. The second-order valence-electron chi connectivity index (χ2n) is 4.59. The molecule has 0 spiro atoms. The lowest BCUT2D eigenvalue weighted by Gasteiger charge is -2.31. The minimum Gasteiger partial charge on any atom is -0.330 e. The molecule has 1 fully saturated rings. The van der Waals surface area contributed by atoms with Crippen LogP contribution in [0, 0.1) is 5.92 Å². The van der Waals surface area contributed by atoms with Crippen LogP contribution in [-0.4, -0.2) is 36.1 Å². The van der Waals surface area contributed by atoms with Crippen molar-refractivity contribution in [1.82, 2.24) is 9.88 Å². The molecule has 3 heteroatoms. The molecular weight excluding hydrogens is 198 g/mol. The molecule has 2 N–H and O–H groups in total. The standard InChI is InChI=1S/C13H21N3/c14-11-12-4-8-16(9-5-12)10-6-13-3-1-2-7-15-13/h1-3,7,12H,4-6,8-11,14H2. The van der Waals surface area contributed by atoms with Crippen LogP contribution in [-0.2, 0) is 6.42 Å². The Morgan fingerprint density at radius 2 is 2.12 bits per heavy atom. The highest BCUT2D eigenvalue weighted by atomic mass is 15.1. The Hall–Kier alpha value is -0.930. The first-order valence-electron chi connectivity index (χ1n) is 6.21. The maximum Gasteiger partial charge on any atom is 0.0416 e. The first-order chi connectivity index (χ1) is 7.88. The molecule has 3 nitrogen and oxygen atoms in total. The van der Waals surface area contributed by atoms with Crippen LogP contribution in [0.15, 0.2) is 24.4 Å². The summed E-state index contributed by atoms with van der Waals surface area (Å²) in [5.41, 5.74) is 6.88. The zero-order chi connectivity index (χ0) is 11.2. The molecule has 1 aliphatic heterocycles. The molecule has 0 radical (unpaired) electrons. The number of hydrogen-bond acceptors (Lipinski definition) is 3. The average molecular weight is 219 g/mol.